The van der Waals surface area contributed by atoms with E-state index < -0.39 is 0 Å². The van der Waals surface area contributed by atoms with Crippen molar-refractivity contribution in [1.29, 1.82) is 0 Å². The van der Waals surface area contributed by atoms with Crippen molar-refractivity contribution >= 4 is 28.9 Å². The zero-order chi connectivity index (χ0) is 22.1. The maximum atomic E-state index is 13.3. The zero-order valence-electron chi connectivity index (χ0n) is 18.0. The fourth-order valence-electron chi connectivity index (χ4n) is 5.29. The van der Waals surface area contributed by atoms with Gasteiger partial charge in [0.1, 0.15) is 11.9 Å². The number of amides is 1. The molecule has 2 bridgehead atoms. The first kappa shape index (κ1) is 21.1. The third-order valence-corrected chi connectivity index (χ3v) is 7.17. The molecule has 3 heterocycles. The highest BCUT2D eigenvalue weighted by Crippen LogP contribution is 2.39. The van der Waals surface area contributed by atoms with Crippen LogP contribution in [0.25, 0.3) is 4.85 Å². The number of rotatable bonds is 4. The van der Waals surface area contributed by atoms with Gasteiger partial charge in [0.15, 0.2) is 0 Å². The first-order chi connectivity index (χ1) is 15.6. The number of piperazine rings is 1. The molecule has 3 saturated heterocycles. The highest BCUT2D eigenvalue weighted by Gasteiger charge is 2.44. The van der Waals surface area contributed by atoms with E-state index in [0.717, 1.165) is 57.4 Å². The van der Waals surface area contributed by atoms with Gasteiger partial charge in [0.05, 0.1) is 11.6 Å². The third-order valence-electron chi connectivity index (χ3n) is 6.86. The number of halogens is 1. The lowest BCUT2D eigenvalue weighted by molar-refractivity contribution is 0.0359. The fourth-order valence-corrected chi connectivity index (χ4v) is 5.50. The summed E-state index contributed by atoms with van der Waals surface area (Å²) in [5.41, 5.74) is 2.38. The van der Waals surface area contributed by atoms with Crippen molar-refractivity contribution in [2.45, 2.75) is 43.9 Å². The van der Waals surface area contributed by atoms with Crippen LogP contribution in [0.2, 0.25) is 5.02 Å². The normalized spacial score (nSPS) is 24.8. The highest BCUT2D eigenvalue weighted by molar-refractivity contribution is 6.33. The number of carbonyl (C=O) groups excluding carboxylic acids is 1. The van der Waals surface area contributed by atoms with E-state index >= 15 is 0 Å². The van der Waals surface area contributed by atoms with Crippen LogP contribution in [0.5, 0.6) is 5.75 Å². The number of nitrogens with one attached hydrogen (secondary N) is 1. The number of hydrogen-bond donors (Lipinski definition) is 1. The van der Waals surface area contributed by atoms with Gasteiger partial charge in [0.25, 0.3) is 5.91 Å². The van der Waals surface area contributed by atoms with Gasteiger partial charge in [0.2, 0.25) is 5.69 Å². The standard InChI is InChI=1S/C25H27ClN4O2/c1-27-24-9-8-21(16-23(24)26)32-22-14-19-6-7-20(15-22)30(19)25(31)17-2-4-18(5-3-17)29-12-10-28-11-13-29/h2-5,8-9,16,19-20,22,28H,6-7,10-15H2. The lowest BCUT2D eigenvalue weighted by Gasteiger charge is -2.39. The quantitative estimate of drug-likeness (QED) is 0.696. The van der Waals surface area contributed by atoms with Crippen molar-refractivity contribution in [3.8, 4) is 5.75 Å². The Morgan fingerprint density at radius 2 is 1.75 bits per heavy atom. The molecule has 0 aliphatic carbocycles. The van der Waals surface area contributed by atoms with Crippen molar-refractivity contribution in [3.05, 3.63) is 64.5 Å². The Morgan fingerprint density at radius 3 is 2.38 bits per heavy atom. The topological polar surface area (TPSA) is 49.2 Å². The molecule has 1 N–H and O–H groups in total. The zero-order valence-corrected chi connectivity index (χ0v) is 18.7. The Kier molecular flexibility index (Phi) is 5.95. The molecule has 2 atom stereocenters. The molecule has 2 unspecified atom stereocenters. The van der Waals surface area contributed by atoms with Gasteiger partial charge in [-0.05, 0) is 49.2 Å². The van der Waals surface area contributed by atoms with Crippen LogP contribution in [0.15, 0.2) is 42.5 Å². The Labute approximate surface area is 193 Å². The van der Waals surface area contributed by atoms with Gasteiger partial charge in [-0.25, -0.2) is 4.85 Å². The summed E-state index contributed by atoms with van der Waals surface area (Å²) < 4.78 is 6.20. The maximum Gasteiger partial charge on any atom is 0.254 e. The van der Waals surface area contributed by atoms with Gasteiger partial charge in [-0.1, -0.05) is 17.7 Å². The second-order valence-electron chi connectivity index (χ2n) is 8.82. The lowest BCUT2D eigenvalue weighted by atomic mass is 9.98. The average Bonchev–Trinajstić information content (AvgIpc) is 3.09. The Morgan fingerprint density at radius 1 is 1.06 bits per heavy atom. The summed E-state index contributed by atoms with van der Waals surface area (Å²) in [6.07, 6.45) is 3.74. The van der Waals surface area contributed by atoms with E-state index in [0.29, 0.717) is 16.5 Å². The van der Waals surface area contributed by atoms with Crippen LogP contribution in [0.1, 0.15) is 36.0 Å². The van der Waals surface area contributed by atoms with Crippen LogP contribution in [0.3, 0.4) is 0 Å². The summed E-state index contributed by atoms with van der Waals surface area (Å²) in [4.78, 5) is 21.2. The minimum Gasteiger partial charge on any atom is -0.490 e. The average molecular weight is 451 g/mol. The third kappa shape index (κ3) is 4.15. The van der Waals surface area contributed by atoms with Crippen molar-refractivity contribution < 1.29 is 9.53 Å². The van der Waals surface area contributed by atoms with Gasteiger partial charge in [-0.2, -0.15) is 0 Å². The van der Waals surface area contributed by atoms with E-state index in [-0.39, 0.29) is 24.1 Å². The molecule has 7 heteroatoms. The number of fused-ring (bicyclic) bond motifs is 2. The minimum absolute atomic E-state index is 0.0569. The Bertz CT molecular complexity index is 1020. The Hall–Kier alpha value is -2.75. The van der Waals surface area contributed by atoms with Crippen molar-refractivity contribution in [1.82, 2.24) is 10.2 Å². The van der Waals surface area contributed by atoms with E-state index in [1.807, 2.05) is 12.1 Å². The van der Waals surface area contributed by atoms with Crippen LogP contribution in [0, 0.1) is 6.57 Å². The molecule has 0 saturated carbocycles. The second kappa shape index (κ2) is 9.01. The number of hydrogen-bond acceptors (Lipinski definition) is 4. The number of nitrogens with zero attached hydrogens (tertiary/aromatic N) is 3. The molecule has 2 aromatic rings. The molecule has 3 fully saturated rings. The molecule has 32 heavy (non-hydrogen) atoms. The molecular weight excluding hydrogens is 424 g/mol. The van der Waals surface area contributed by atoms with E-state index in [1.54, 1.807) is 18.2 Å². The number of carbonyl (C=O) groups is 1. The van der Waals surface area contributed by atoms with E-state index in [9.17, 15) is 4.79 Å². The van der Waals surface area contributed by atoms with Crippen LogP contribution < -0.4 is 15.0 Å². The van der Waals surface area contributed by atoms with Gasteiger partial charge in [-0.3, -0.25) is 4.79 Å². The maximum absolute atomic E-state index is 13.3. The van der Waals surface area contributed by atoms with Crippen molar-refractivity contribution in [3.63, 3.8) is 0 Å². The second-order valence-corrected chi connectivity index (χ2v) is 9.22. The smallest absolute Gasteiger partial charge is 0.254 e. The van der Waals surface area contributed by atoms with Crippen LogP contribution >= 0.6 is 11.6 Å². The van der Waals surface area contributed by atoms with Crippen LogP contribution in [0.4, 0.5) is 11.4 Å². The monoisotopic (exact) mass is 450 g/mol. The SMILES string of the molecule is [C-]#[N+]c1ccc(OC2CC3CCC(C2)N3C(=O)c2ccc(N3CCNCC3)cc2)cc1Cl. The van der Waals surface area contributed by atoms with Gasteiger partial charge in [0, 0.05) is 62.4 Å². The molecule has 2 aromatic carbocycles. The summed E-state index contributed by atoms with van der Waals surface area (Å²) >= 11 is 6.16. The van der Waals surface area contributed by atoms with E-state index in [4.69, 9.17) is 22.9 Å². The molecule has 0 radical (unpaired) electrons. The molecular formula is C25H27ClN4O2. The molecule has 0 aromatic heterocycles. The molecule has 3 aliphatic heterocycles. The number of ether oxygens (including phenoxy) is 1. The lowest BCUT2D eigenvalue weighted by Crippen LogP contribution is -2.49. The van der Waals surface area contributed by atoms with Crippen LogP contribution in [-0.2, 0) is 0 Å². The first-order valence-electron chi connectivity index (χ1n) is 11.3. The van der Waals surface area contributed by atoms with E-state index in [1.165, 1.54) is 5.69 Å². The summed E-state index contributed by atoms with van der Waals surface area (Å²) in [5, 5.41) is 3.78. The van der Waals surface area contributed by atoms with E-state index in [2.05, 4.69) is 32.1 Å². The molecule has 5 rings (SSSR count). The van der Waals surface area contributed by atoms with Crippen molar-refractivity contribution in [2.75, 3.05) is 31.1 Å². The number of piperidine rings is 1. The molecule has 166 valence electrons. The predicted octanol–water partition coefficient (Wildman–Crippen LogP) is 4.51. The largest absolute Gasteiger partial charge is 0.490 e. The molecule has 0 spiro atoms. The number of benzene rings is 2. The first-order valence-corrected chi connectivity index (χ1v) is 11.7. The molecule has 1 amide bonds. The van der Waals surface area contributed by atoms with Gasteiger partial charge in [-0.15, -0.1) is 0 Å². The van der Waals surface area contributed by atoms with Gasteiger partial charge < -0.3 is 19.9 Å². The summed E-state index contributed by atoms with van der Waals surface area (Å²) in [7, 11) is 0. The summed E-state index contributed by atoms with van der Waals surface area (Å²) in [5.74, 6) is 0.822. The fraction of sp³-hybridized carbons (Fsp3) is 0.440. The molecule has 6 nitrogen and oxygen atoms in total. The van der Waals surface area contributed by atoms with Crippen LogP contribution in [-0.4, -0.2) is 55.2 Å². The minimum atomic E-state index is 0.0569. The van der Waals surface area contributed by atoms with Crippen molar-refractivity contribution in [2.24, 2.45) is 0 Å². The van der Waals surface area contributed by atoms with Gasteiger partial charge >= 0.3 is 0 Å². The summed E-state index contributed by atoms with van der Waals surface area (Å²) in [6, 6.07) is 13.7. The number of anilines is 1. The Balaban J connectivity index is 1.24. The molecule has 3 aliphatic rings. The highest BCUT2D eigenvalue weighted by atomic mass is 35.5. The summed E-state index contributed by atoms with van der Waals surface area (Å²) in [6.45, 7) is 11.1. The predicted molar refractivity (Wildman–Crippen MR) is 126 cm³/mol.